The molecule has 0 N–H and O–H groups in total. The molecule has 0 bridgehead atoms. The van der Waals surface area contributed by atoms with Crippen LogP contribution in [0.1, 0.15) is 72.2 Å². The summed E-state index contributed by atoms with van der Waals surface area (Å²) >= 11 is 0. The molecule has 0 fully saturated rings. The second kappa shape index (κ2) is 22.4. The third-order valence-corrected chi connectivity index (χ3v) is 21.6. The third-order valence-electron chi connectivity index (χ3n) is 21.6. The van der Waals surface area contributed by atoms with Gasteiger partial charge in [-0.2, -0.15) is 0 Å². The van der Waals surface area contributed by atoms with Gasteiger partial charge < -0.3 is 18.6 Å². The van der Waals surface area contributed by atoms with Crippen LogP contribution in [0.2, 0.25) is 0 Å². The Morgan fingerprint density at radius 2 is 0.571 bits per heavy atom. The zero-order valence-electron chi connectivity index (χ0n) is 56.4. The Labute approximate surface area is 573 Å². The van der Waals surface area contributed by atoms with Gasteiger partial charge in [-0.25, -0.2) is 0 Å². The third kappa shape index (κ3) is 9.18. The number of benzene rings is 14. The average molecular weight is 1260 g/mol. The summed E-state index contributed by atoms with van der Waals surface area (Å²) < 4.78 is 13.6. The molecule has 2 aliphatic carbocycles. The van der Waals surface area contributed by atoms with E-state index in [0.717, 1.165) is 134 Å². The van der Waals surface area contributed by atoms with Gasteiger partial charge in [-0.15, -0.1) is 0 Å². The molecule has 18 rings (SSSR count). The number of rotatable bonds is 11. The van der Waals surface area contributed by atoms with Crippen molar-refractivity contribution in [2.24, 2.45) is 0 Å². The first kappa shape index (κ1) is 58.8. The molecule has 0 saturated carbocycles. The van der Waals surface area contributed by atoms with E-state index < -0.39 is 0 Å². The lowest BCUT2D eigenvalue weighted by Crippen LogP contribution is -2.15. The highest BCUT2D eigenvalue weighted by atomic mass is 16.3. The molecular formula is C94H72N2O2. The van der Waals surface area contributed by atoms with Gasteiger partial charge in [0.1, 0.15) is 22.3 Å². The Balaban J connectivity index is 0.752. The summed E-state index contributed by atoms with van der Waals surface area (Å²) in [6.45, 7) is 18.4. The SMILES string of the molecule is Cc1cc(-c2ccc(N(c3ccc(-c4ccc5c(c4)C(C)(C)c4ccccc4-5)cc3)c3c(C)cccc3-c3cccc4c3oc3ccccc34)c(C)c2)ccc1N(c1ccc(-c2ccc3c(c2)C(C)(C)c2ccccc2-3)cc1)c1c(C)cccc1-c1cccc2c1oc1ccccc12. The Morgan fingerprint density at radius 1 is 0.245 bits per heavy atom. The summed E-state index contributed by atoms with van der Waals surface area (Å²) in [6, 6.07) is 107. The lowest BCUT2D eigenvalue weighted by Gasteiger charge is -2.31. The van der Waals surface area contributed by atoms with Crippen molar-refractivity contribution in [2.45, 2.75) is 66.2 Å². The molecule has 16 aromatic rings. The molecule has 2 heterocycles. The van der Waals surface area contributed by atoms with Crippen molar-refractivity contribution in [3.8, 4) is 77.9 Å². The fraction of sp³-hybridized carbons (Fsp3) is 0.106. The predicted molar refractivity (Wildman–Crippen MR) is 412 cm³/mol. The minimum absolute atomic E-state index is 0.101. The van der Waals surface area contributed by atoms with Crippen molar-refractivity contribution in [2.75, 3.05) is 9.80 Å². The van der Waals surface area contributed by atoms with Gasteiger partial charge in [-0.3, -0.25) is 0 Å². The van der Waals surface area contributed by atoms with Crippen molar-refractivity contribution >= 4 is 78.0 Å². The van der Waals surface area contributed by atoms with Crippen LogP contribution in [-0.4, -0.2) is 0 Å². The van der Waals surface area contributed by atoms with E-state index in [1.54, 1.807) is 0 Å². The average Bonchev–Trinajstić information content (AvgIpc) is 1.53. The highest BCUT2D eigenvalue weighted by molar-refractivity contribution is 6.13. The number of aryl methyl sites for hydroxylation is 4. The van der Waals surface area contributed by atoms with Gasteiger partial charge in [0.15, 0.2) is 0 Å². The van der Waals surface area contributed by atoms with Gasteiger partial charge in [-0.05, 0) is 201 Å². The minimum atomic E-state index is -0.101. The second-order valence-electron chi connectivity index (χ2n) is 28.1. The van der Waals surface area contributed by atoms with E-state index in [-0.39, 0.29) is 10.8 Å². The summed E-state index contributed by atoms with van der Waals surface area (Å²) in [5, 5.41) is 4.43. The summed E-state index contributed by atoms with van der Waals surface area (Å²) in [5.74, 6) is 0. The van der Waals surface area contributed by atoms with E-state index in [2.05, 4.69) is 356 Å². The van der Waals surface area contributed by atoms with E-state index >= 15 is 0 Å². The zero-order valence-corrected chi connectivity index (χ0v) is 56.4. The molecule has 0 spiro atoms. The van der Waals surface area contributed by atoms with Crippen molar-refractivity contribution in [1.29, 1.82) is 0 Å². The fourth-order valence-corrected chi connectivity index (χ4v) is 16.6. The number of furan rings is 2. The molecule has 0 radical (unpaired) electrons. The van der Waals surface area contributed by atoms with Gasteiger partial charge in [0, 0.05) is 77.4 Å². The molecule has 4 nitrogen and oxygen atoms in total. The Bertz CT molecular complexity index is 5570. The van der Waals surface area contributed by atoms with Crippen molar-refractivity contribution < 1.29 is 8.83 Å². The van der Waals surface area contributed by atoms with Crippen molar-refractivity contribution in [3.63, 3.8) is 0 Å². The van der Waals surface area contributed by atoms with Crippen LogP contribution in [0.4, 0.5) is 34.1 Å². The maximum atomic E-state index is 6.81. The van der Waals surface area contributed by atoms with Gasteiger partial charge in [0.05, 0.1) is 11.4 Å². The minimum Gasteiger partial charge on any atom is -0.455 e. The van der Waals surface area contributed by atoms with Crippen molar-refractivity contribution in [3.05, 3.63) is 336 Å². The molecule has 98 heavy (non-hydrogen) atoms. The van der Waals surface area contributed by atoms with E-state index in [1.807, 2.05) is 0 Å². The highest BCUT2D eigenvalue weighted by Crippen LogP contribution is 2.54. The molecule has 0 atom stereocenters. The second-order valence-corrected chi connectivity index (χ2v) is 28.1. The van der Waals surface area contributed by atoms with E-state index in [1.165, 1.54) is 66.8 Å². The van der Waals surface area contributed by atoms with Crippen molar-refractivity contribution in [1.82, 2.24) is 0 Å². The van der Waals surface area contributed by atoms with Gasteiger partial charge in [0.2, 0.25) is 0 Å². The van der Waals surface area contributed by atoms with Crippen LogP contribution >= 0.6 is 0 Å². The molecule has 0 aliphatic heterocycles. The molecule has 470 valence electrons. The fourth-order valence-electron chi connectivity index (χ4n) is 16.6. The van der Waals surface area contributed by atoms with Crippen LogP contribution in [0, 0.1) is 27.7 Å². The number of anilines is 6. The molecule has 0 unspecified atom stereocenters. The molecular weight excluding hydrogens is 1190 g/mol. The van der Waals surface area contributed by atoms with Crippen LogP contribution in [-0.2, 0) is 10.8 Å². The monoisotopic (exact) mass is 1260 g/mol. The lowest BCUT2D eigenvalue weighted by atomic mass is 9.81. The number of hydrogen-bond donors (Lipinski definition) is 0. The summed E-state index contributed by atoms with van der Waals surface area (Å²) in [7, 11) is 0. The number of fused-ring (bicyclic) bond motifs is 12. The van der Waals surface area contributed by atoms with Gasteiger partial charge in [-0.1, -0.05) is 246 Å². The molecule has 14 aromatic carbocycles. The smallest absolute Gasteiger partial charge is 0.143 e. The first-order chi connectivity index (χ1) is 47.8. The molecule has 2 aromatic heterocycles. The quantitative estimate of drug-likeness (QED) is 0.129. The van der Waals surface area contributed by atoms with Crippen LogP contribution < -0.4 is 9.80 Å². The first-order valence-electron chi connectivity index (χ1n) is 34.3. The van der Waals surface area contributed by atoms with E-state index in [0.29, 0.717) is 0 Å². The maximum Gasteiger partial charge on any atom is 0.143 e. The highest BCUT2D eigenvalue weighted by Gasteiger charge is 2.37. The van der Waals surface area contributed by atoms with Crippen LogP contribution in [0.25, 0.3) is 122 Å². The van der Waals surface area contributed by atoms with Crippen LogP contribution in [0.5, 0.6) is 0 Å². The number of hydrogen-bond acceptors (Lipinski definition) is 4. The number of para-hydroxylation sites is 6. The molecule has 0 saturated heterocycles. The van der Waals surface area contributed by atoms with Gasteiger partial charge >= 0.3 is 0 Å². The number of nitrogens with zero attached hydrogens (tertiary/aromatic N) is 2. The Hall–Kier alpha value is -11.7. The summed E-state index contributed by atoms with van der Waals surface area (Å²) in [4.78, 5) is 4.95. The van der Waals surface area contributed by atoms with E-state index in [9.17, 15) is 0 Å². The largest absolute Gasteiger partial charge is 0.455 e. The Kier molecular flexibility index (Phi) is 13.5. The molecule has 2 aliphatic rings. The standard InChI is InChI=1S/C94H72N2O2/c1-57-21-17-27-75(79-31-19-29-77-73-25-11-15-35-87(73)97-91(77)79)89(57)95(67-45-37-61(38-46-67)65-41-49-71-69-23-9-13-33-81(69)93(5,6)83(71)55-65)85-51-43-63(53-59(85)3)64-44-52-86(60(4)54-64)96(90-58(2)22-18-28-76(90)80-32-20-30-78-74-26-12-16-36-88(74)98-92(78)80)68-47-39-62(40-48-68)66-42-50-72-70-24-10-14-34-82(70)94(7,8)84(72)56-66/h9-56H,1-8H3. The van der Waals surface area contributed by atoms with Crippen LogP contribution in [0.3, 0.4) is 0 Å². The Morgan fingerprint density at radius 3 is 1.00 bits per heavy atom. The molecule has 4 heteroatoms. The maximum absolute atomic E-state index is 6.81. The van der Waals surface area contributed by atoms with Crippen LogP contribution in [0.15, 0.2) is 300 Å². The zero-order chi connectivity index (χ0) is 66.3. The topological polar surface area (TPSA) is 32.8 Å². The van der Waals surface area contributed by atoms with E-state index in [4.69, 9.17) is 8.83 Å². The lowest BCUT2D eigenvalue weighted by molar-refractivity contribution is 0.660. The first-order valence-corrected chi connectivity index (χ1v) is 34.3. The summed E-state index contributed by atoms with van der Waals surface area (Å²) in [6.07, 6.45) is 0. The predicted octanol–water partition coefficient (Wildman–Crippen LogP) is 26.6. The normalized spacial score (nSPS) is 13.3. The summed E-state index contributed by atoms with van der Waals surface area (Å²) in [5.41, 5.74) is 36.6. The van der Waals surface area contributed by atoms with Gasteiger partial charge in [0.25, 0.3) is 0 Å². The molecule has 0 amide bonds.